The van der Waals surface area contributed by atoms with Gasteiger partial charge in [0.15, 0.2) is 0 Å². The Kier molecular flexibility index (Phi) is 2.25. The number of fused-ring (bicyclic) bond motifs is 3. The number of benzene rings is 2. The molecular weight excluding hydrogens is 264 g/mol. The van der Waals surface area contributed by atoms with E-state index in [1.54, 1.807) is 0 Å². The van der Waals surface area contributed by atoms with Crippen LogP contribution in [-0.4, -0.2) is 0 Å². The minimum Gasteiger partial charge on any atom is -0.456 e. The molecule has 3 aromatic rings. The zero-order chi connectivity index (χ0) is 11.1. The number of rotatable bonds is 1. The van der Waals surface area contributed by atoms with E-state index in [0.29, 0.717) is 4.83 Å². The number of halogens is 1. The Labute approximate surface area is 102 Å². The Balaban J connectivity index is 2.40. The van der Waals surface area contributed by atoms with Gasteiger partial charge in [0, 0.05) is 15.6 Å². The number of hydrogen-bond donors (Lipinski definition) is 0. The third kappa shape index (κ3) is 1.45. The van der Waals surface area contributed by atoms with Gasteiger partial charge in [-0.15, -0.1) is 0 Å². The Bertz CT molecular complexity index is 652. The van der Waals surface area contributed by atoms with E-state index in [2.05, 4.69) is 41.1 Å². The van der Waals surface area contributed by atoms with Gasteiger partial charge in [-0.25, -0.2) is 0 Å². The van der Waals surface area contributed by atoms with Gasteiger partial charge in [0.25, 0.3) is 0 Å². The van der Waals surface area contributed by atoms with Crippen LogP contribution < -0.4 is 0 Å². The van der Waals surface area contributed by atoms with Crippen molar-refractivity contribution in [1.82, 2.24) is 0 Å². The number of furan rings is 1. The Morgan fingerprint density at radius 3 is 2.56 bits per heavy atom. The summed E-state index contributed by atoms with van der Waals surface area (Å²) in [7, 11) is 0. The summed E-state index contributed by atoms with van der Waals surface area (Å²) in [6.07, 6.45) is 0. The predicted octanol–water partition coefficient (Wildman–Crippen LogP) is 5.04. The molecule has 1 nitrogen and oxygen atoms in total. The molecule has 16 heavy (non-hydrogen) atoms. The summed E-state index contributed by atoms with van der Waals surface area (Å²) >= 11 is 3.59. The molecule has 0 aliphatic heterocycles. The van der Waals surface area contributed by atoms with Crippen LogP contribution in [0, 0.1) is 0 Å². The largest absolute Gasteiger partial charge is 0.456 e. The smallest absolute Gasteiger partial charge is 0.135 e. The zero-order valence-electron chi connectivity index (χ0n) is 8.91. The number of para-hydroxylation sites is 1. The maximum absolute atomic E-state index is 5.77. The molecule has 0 saturated heterocycles. The van der Waals surface area contributed by atoms with Gasteiger partial charge < -0.3 is 4.42 Å². The van der Waals surface area contributed by atoms with Gasteiger partial charge in [-0.2, -0.15) is 0 Å². The Morgan fingerprint density at radius 1 is 1.00 bits per heavy atom. The molecule has 80 valence electrons. The van der Waals surface area contributed by atoms with E-state index in [1.165, 1.54) is 16.3 Å². The highest BCUT2D eigenvalue weighted by atomic mass is 79.9. The molecule has 2 heteroatoms. The summed E-state index contributed by atoms with van der Waals surface area (Å²) in [5.74, 6) is 0. The van der Waals surface area contributed by atoms with Crippen LogP contribution in [0.1, 0.15) is 17.3 Å². The van der Waals surface area contributed by atoms with Crippen molar-refractivity contribution in [1.29, 1.82) is 0 Å². The predicted molar refractivity (Wildman–Crippen MR) is 71.1 cm³/mol. The van der Waals surface area contributed by atoms with Gasteiger partial charge in [0.05, 0.1) is 0 Å². The lowest BCUT2D eigenvalue weighted by Crippen LogP contribution is -1.81. The van der Waals surface area contributed by atoms with E-state index in [1.807, 2.05) is 24.3 Å². The Morgan fingerprint density at radius 2 is 1.75 bits per heavy atom. The van der Waals surface area contributed by atoms with Gasteiger partial charge in [-0.3, -0.25) is 0 Å². The van der Waals surface area contributed by atoms with Gasteiger partial charge in [0.1, 0.15) is 11.2 Å². The number of hydrogen-bond acceptors (Lipinski definition) is 1. The summed E-state index contributed by atoms with van der Waals surface area (Å²) in [5, 5.41) is 2.38. The molecule has 0 saturated carbocycles. The van der Waals surface area contributed by atoms with Crippen LogP contribution >= 0.6 is 15.9 Å². The molecule has 0 N–H and O–H groups in total. The average molecular weight is 275 g/mol. The standard InChI is InChI=1S/C14H11BrO/c1-9(15)10-6-7-14-12(8-10)11-4-2-3-5-13(11)16-14/h2-9H,1H3/t9-/m0/s1. The molecule has 1 aromatic heterocycles. The fourth-order valence-electron chi connectivity index (χ4n) is 1.99. The second-order valence-electron chi connectivity index (χ2n) is 3.97. The lowest BCUT2D eigenvalue weighted by atomic mass is 10.1. The van der Waals surface area contributed by atoms with Crippen LogP contribution in [0.15, 0.2) is 46.9 Å². The highest BCUT2D eigenvalue weighted by Gasteiger charge is 2.08. The second-order valence-corrected chi connectivity index (χ2v) is 5.34. The second kappa shape index (κ2) is 3.63. The molecule has 0 spiro atoms. The summed E-state index contributed by atoms with van der Waals surface area (Å²) < 4.78 is 5.77. The molecule has 0 unspecified atom stereocenters. The van der Waals surface area contributed by atoms with E-state index in [4.69, 9.17) is 4.42 Å². The van der Waals surface area contributed by atoms with Crippen molar-refractivity contribution in [3.63, 3.8) is 0 Å². The van der Waals surface area contributed by atoms with Crippen molar-refractivity contribution < 1.29 is 4.42 Å². The van der Waals surface area contributed by atoms with Gasteiger partial charge in [-0.05, 0) is 30.7 Å². The Hall–Kier alpha value is -1.28. The SMILES string of the molecule is C[C@H](Br)c1ccc2oc3ccccc3c2c1. The van der Waals surface area contributed by atoms with Crippen molar-refractivity contribution in [3.05, 3.63) is 48.0 Å². The topological polar surface area (TPSA) is 13.1 Å². The monoisotopic (exact) mass is 274 g/mol. The molecule has 0 radical (unpaired) electrons. The first-order chi connectivity index (χ1) is 7.75. The normalized spacial score (nSPS) is 13.4. The zero-order valence-corrected chi connectivity index (χ0v) is 10.5. The fraction of sp³-hybridized carbons (Fsp3) is 0.143. The van der Waals surface area contributed by atoms with Crippen molar-refractivity contribution in [2.45, 2.75) is 11.8 Å². The number of alkyl halides is 1. The highest BCUT2D eigenvalue weighted by molar-refractivity contribution is 9.09. The minimum absolute atomic E-state index is 0.366. The van der Waals surface area contributed by atoms with E-state index in [9.17, 15) is 0 Å². The average Bonchev–Trinajstić information content (AvgIpc) is 2.66. The van der Waals surface area contributed by atoms with Crippen LogP contribution in [0.2, 0.25) is 0 Å². The van der Waals surface area contributed by atoms with Crippen LogP contribution in [0.3, 0.4) is 0 Å². The minimum atomic E-state index is 0.366. The summed E-state index contributed by atoms with van der Waals surface area (Å²) in [4.78, 5) is 0.366. The maximum atomic E-state index is 5.77. The third-order valence-corrected chi connectivity index (χ3v) is 3.39. The first-order valence-electron chi connectivity index (χ1n) is 5.31. The van der Waals surface area contributed by atoms with Gasteiger partial charge in [-0.1, -0.05) is 40.2 Å². The molecule has 1 heterocycles. The first-order valence-corrected chi connectivity index (χ1v) is 6.22. The van der Waals surface area contributed by atoms with Crippen molar-refractivity contribution in [3.8, 4) is 0 Å². The molecule has 0 fully saturated rings. The van der Waals surface area contributed by atoms with Crippen LogP contribution in [-0.2, 0) is 0 Å². The molecule has 1 atom stereocenters. The molecule has 0 amide bonds. The lowest BCUT2D eigenvalue weighted by Gasteiger charge is -2.02. The summed E-state index contributed by atoms with van der Waals surface area (Å²) in [6.45, 7) is 2.13. The lowest BCUT2D eigenvalue weighted by molar-refractivity contribution is 0.669. The van der Waals surface area contributed by atoms with Crippen molar-refractivity contribution in [2.24, 2.45) is 0 Å². The van der Waals surface area contributed by atoms with E-state index < -0.39 is 0 Å². The van der Waals surface area contributed by atoms with E-state index in [0.717, 1.165) is 11.2 Å². The van der Waals surface area contributed by atoms with E-state index in [-0.39, 0.29) is 0 Å². The molecule has 0 bridgehead atoms. The fourth-order valence-corrected chi connectivity index (χ4v) is 2.28. The summed E-state index contributed by atoms with van der Waals surface area (Å²) in [6, 6.07) is 14.5. The molecule has 2 aromatic carbocycles. The van der Waals surface area contributed by atoms with Crippen LogP contribution in [0.5, 0.6) is 0 Å². The van der Waals surface area contributed by atoms with Crippen LogP contribution in [0.4, 0.5) is 0 Å². The summed E-state index contributed by atoms with van der Waals surface area (Å²) in [5.41, 5.74) is 3.19. The molecular formula is C14H11BrO. The first kappa shape index (κ1) is 9.91. The quantitative estimate of drug-likeness (QED) is 0.567. The van der Waals surface area contributed by atoms with Crippen molar-refractivity contribution in [2.75, 3.05) is 0 Å². The third-order valence-electron chi connectivity index (χ3n) is 2.86. The molecule has 0 aliphatic rings. The van der Waals surface area contributed by atoms with Crippen molar-refractivity contribution >= 4 is 37.9 Å². The molecule has 3 rings (SSSR count). The van der Waals surface area contributed by atoms with Crippen LogP contribution in [0.25, 0.3) is 21.9 Å². The highest BCUT2D eigenvalue weighted by Crippen LogP contribution is 2.32. The van der Waals surface area contributed by atoms with Gasteiger partial charge >= 0.3 is 0 Å². The van der Waals surface area contributed by atoms with Gasteiger partial charge in [0.2, 0.25) is 0 Å². The maximum Gasteiger partial charge on any atom is 0.135 e. The van der Waals surface area contributed by atoms with E-state index >= 15 is 0 Å². The molecule has 0 aliphatic carbocycles.